The molecule has 10 N–H and O–H groups in total. The first kappa shape index (κ1) is 23.5. The molecule has 0 amide bonds. The van der Waals surface area contributed by atoms with Crippen LogP contribution in [0.4, 0.5) is 0 Å². The molecule has 0 aromatic rings. The molecule has 0 saturated heterocycles. The van der Waals surface area contributed by atoms with E-state index in [1.165, 1.54) is 5.32 Å². The van der Waals surface area contributed by atoms with E-state index < -0.39 is 60.9 Å². The second-order valence-corrected chi connectivity index (χ2v) is 11.8. The summed E-state index contributed by atoms with van der Waals surface area (Å²) < 4.78 is 44.4. The summed E-state index contributed by atoms with van der Waals surface area (Å²) in [6.45, 7) is -0.671. The molecule has 0 aliphatic rings. The Kier molecular flexibility index (Phi) is 8.00. The Bertz CT molecular complexity index is 560. The molecule has 0 aliphatic heterocycles. The van der Waals surface area contributed by atoms with Gasteiger partial charge >= 0.3 is 30.4 Å². The lowest BCUT2D eigenvalue weighted by atomic mass is 10.4. The standard InChI is InChI=1S/C5H18N2O12P4/c8-20(9,10)3-6-2-1-5(22(14,15)16,23(17,18)19)7-4-21(11,12)13/h6-7H,1-4H2,(H2,8,9,10)(H2,11,12,13)(H2,14,15,16)(H2,17,18,19). The predicted molar refractivity (Wildman–Crippen MR) is 76.4 cm³/mol. The summed E-state index contributed by atoms with van der Waals surface area (Å²) >= 11 is 0. The Morgan fingerprint density at radius 1 is 0.696 bits per heavy atom. The van der Waals surface area contributed by atoms with Crippen molar-refractivity contribution >= 4 is 30.4 Å². The first-order valence-electron chi connectivity index (χ1n) is 5.57. The highest BCUT2D eigenvalue weighted by atomic mass is 31.2. The molecule has 0 rings (SSSR count). The van der Waals surface area contributed by atoms with Crippen LogP contribution in [0.3, 0.4) is 0 Å². The van der Waals surface area contributed by atoms with Crippen LogP contribution in [0.5, 0.6) is 0 Å². The Balaban J connectivity index is 5.43. The lowest BCUT2D eigenvalue weighted by molar-refractivity contribution is 0.280. The summed E-state index contributed by atoms with van der Waals surface area (Å²) in [4.78, 5) is 71.6. The third-order valence-electron chi connectivity index (χ3n) is 2.50. The quantitative estimate of drug-likeness (QED) is 0.133. The molecule has 14 nitrogen and oxygen atoms in total. The zero-order chi connectivity index (χ0) is 18.7. The predicted octanol–water partition coefficient (Wildman–Crippen LogP) is -2.16. The van der Waals surface area contributed by atoms with Crippen LogP contribution in [0.2, 0.25) is 0 Å². The molecule has 0 radical (unpaired) electrons. The third kappa shape index (κ3) is 7.96. The molecule has 0 bridgehead atoms. The van der Waals surface area contributed by atoms with Gasteiger partial charge < -0.3 is 44.5 Å². The molecule has 23 heavy (non-hydrogen) atoms. The van der Waals surface area contributed by atoms with Crippen LogP contribution >= 0.6 is 30.4 Å². The molecule has 0 fully saturated rings. The van der Waals surface area contributed by atoms with Crippen molar-refractivity contribution in [3.63, 3.8) is 0 Å². The maximum Gasteiger partial charge on any atom is 0.357 e. The fraction of sp³-hybridized carbons (Fsp3) is 1.00. The number of nitrogens with one attached hydrogen (secondary N) is 2. The molecule has 0 unspecified atom stereocenters. The van der Waals surface area contributed by atoms with Crippen LogP contribution in [-0.4, -0.2) is 63.3 Å². The summed E-state index contributed by atoms with van der Waals surface area (Å²) in [5, 5.41) is 0.249. The van der Waals surface area contributed by atoms with E-state index in [0.29, 0.717) is 0 Å². The van der Waals surface area contributed by atoms with Gasteiger partial charge in [0.2, 0.25) is 5.02 Å². The summed E-state index contributed by atoms with van der Waals surface area (Å²) in [5.41, 5.74) is 0. The maximum atomic E-state index is 11.5. The van der Waals surface area contributed by atoms with Crippen molar-refractivity contribution in [2.24, 2.45) is 0 Å². The zero-order valence-electron chi connectivity index (χ0n) is 11.3. The average molecular weight is 422 g/mol. The normalized spacial score (nSPS) is 15.0. The topological polar surface area (TPSA) is 254 Å². The molecule has 0 atom stereocenters. The number of hydrogen-bond acceptors (Lipinski definition) is 6. The van der Waals surface area contributed by atoms with Gasteiger partial charge in [-0.05, 0) is 6.54 Å². The number of hydrogen-bond donors (Lipinski definition) is 10. The minimum Gasteiger partial charge on any atom is -0.324 e. The van der Waals surface area contributed by atoms with Crippen molar-refractivity contribution < 1.29 is 57.4 Å². The van der Waals surface area contributed by atoms with Crippen LogP contribution in [-0.2, 0) is 18.3 Å². The highest BCUT2D eigenvalue weighted by Gasteiger charge is 2.60. The van der Waals surface area contributed by atoms with Crippen molar-refractivity contribution in [3.05, 3.63) is 0 Å². The summed E-state index contributed by atoms with van der Waals surface area (Å²) in [5.74, 6) is 0. The largest absolute Gasteiger partial charge is 0.357 e. The van der Waals surface area contributed by atoms with Crippen molar-refractivity contribution in [2.75, 3.05) is 19.1 Å². The lowest BCUT2D eigenvalue weighted by Gasteiger charge is -2.35. The van der Waals surface area contributed by atoms with Crippen molar-refractivity contribution in [1.29, 1.82) is 0 Å². The van der Waals surface area contributed by atoms with Crippen LogP contribution in [0.15, 0.2) is 0 Å². The van der Waals surface area contributed by atoms with Crippen LogP contribution < -0.4 is 10.6 Å². The first-order chi connectivity index (χ1) is 9.91. The van der Waals surface area contributed by atoms with E-state index in [9.17, 15) is 37.8 Å². The molecular formula is C5H18N2O12P4. The fourth-order valence-electron chi connectivity index (χ4n) is 1.47. The monoisotopic (exact) mass is 422 g/mol. The average Bonchev–Trinajstić information content (AvgIpc) is 2.21. The molecule has 140 valence electrons. The molecule has 0 spiro atoms. The second kappa shape index (κ2) is 7.82. The van der Waals surface area contributed by atoms with Crippen molar-refractivity contribution in [2.45, 2.75) is 11.4 Å². The van der Waals surface area contributed by atoms with Gasteiger partial charge in [-0.15, -0.1) is 0 Å². The minimum atomic E-state index is -5.65. The van der Waals surface area contributed by atoms with Crippen molar-refractivity contribution in [1.82, 2.24) is 10.6 Å². The van der Waals surface area contributed by atoms with Gasteiger partial charge in [0, 0.05) is 6.42 Å². The van der Waals surface area contributed by atoms with E-state index in [4.69, 9.17) is 19.6 Å². The lowest BCUT2D eigenvalue weighted by Crippen LogP contribution is -2.47. The Hall–Kier alpha value is 0.520. The van der Waals surface area contributed by atoms with E-state index in [2.05, 4.69) is 0 Å². The minimum absolute atomic E-state index is 0.671. The van der Waals surface area contributed by atoms with Crippen LogP contribution in [0.1, 0.15) is 6.42 Å². The maximum absolute atomic E-state index is 11.5. The molecular weight excluding hydrogens is 404 g/mol. The van der Waals surface area contributed by atoms with E-state index in [1.807, 2.05) is 5.32 Å². The van der Waals surface area contributed by atoms with Gasteiger partial charge in [0.1, 0.15) is 6.29 Å². The van der Waals surface area contributed by atoms with Gasteiger partial charge in [-0.3, -0.25) is 23.6 Å². The van der Waals surface area contributed by atoms with E-state index in [-0.39, 0.29) is 0 Å². The highest BCUT2D eigenvalue weighted by Crippen LogP contribution is 2.69. The molecule has 0 saturated carbocycles. The third-order valence-corrected chi connectivity index (χ3v) is 7.96. The van der Waals surface area contributed by atoms with Gasteiger partial charge in [0.25, 0.3) is 0 Å². The molecule has 18 heteroatoms. The van der Waals surface area contributed by atoms with E-state index in [1.54, 1.807) is 0 Å². The molecule has 0 aromatic carbocycles. The van der Waals surface area contributed by atoms with Crippen LogP contribution in [0.25, 0.3) is 0 Å². The Morgan fingerprint density at radius 2 is 1.09 bits per heavy atom. The van der Waals surface area contributed by atoms with Gasteiger partial charge in [-0.25, -0.2) is 0 Å². The summed E-state index contributed by atoms with van der Waals surface area (Å²) in [7, 11) is -20.7. The Morgan fingerprint density at radius 3 is 1.39 bits per heavy atom. The van der Waals surface area contributed by atoms with Crippen molar-refractivity contribution in [3.8, 4) is 0 Å². The number of rotatable bonds is 10. The smallest absolute Gasteiger partial charge is 0.324 e. The molecule has 0 aromatic heterocycles. The van der Waals surface area contributed by atoms with E-state index in [0.717, 1.165) is 0 Å². The Labute approximate surface area is 130 Å². The van der Waals surface area contributed by atoms with Gasteiger partial charge in [-0.2, -0.15) is 0 Å². The highest BCUT2D eigenvalue weighted by molar-refractivity contribution is 7.72. The fourth-order valence-corrected chi connectivity index (χ4v) is 5.38. The van der Waals surface area contributed by atoms with Gasteiger partial charge in [-0.1, -0.05) is 0 Å². The van der Waals surface area contributed by atoms with Gasteiger partial charge in [0.15, 0.2) is 0 Å². The van der Waals surface area contributed by atoms with Crippen LogP contribution in [0, 0.1) is 0 Å². The summed E-state index contributed by atoms with van der Waals surface area (Å²) in [6.07, 6.45) is -3.42. The summed E-state index contributed by atoms with van der Waals surface area (Å²) in [6, 6.07) is 0. The second-order valence-electron chi connectivity index (χ2n) is 4.48. The SMILES string of the molecule is O=P(O)(O)CNCCC(NCP(=O)(O)O)(P(=O)(O)O)P(=O)(O)O. The first-order valence-corrected chi connectivity index (χ1v) is 12.4. The molecule has 0 heterocycles. The zero-order valence-corrected chi connectivity index (χ0v) is 14.9. The van der Waals surface area contributed by atoms with Gasteiger partial charge in [0.05, 0.1) is 6.29 Å². The van der Waals surface area contributed by atoms with E-state index >= 15 is 0 Å². The molecule has 0 aliphatic carbocycles.